The predicted octanol–water partition coefficient (Wildman–Crippen LogP) is 4.35. The van der Waals surface area contributed by atoms with Gasteiger partial charge in [0.2, 0.25) is 0 Å². The lowest BCUT2D eigenvalue weighted by molar-refractivity contribution is -0.124. The van der Waals surface area contributed by atoms with Crippen molar-refractivity contribution in [2.24, 2.45) is 5.16 Å². The molecule has 3 amide bonds. The highest BCUT2D eigenvalue weighted by Gasteiger charge is 2.45. The molecule has 0 aliphatic carbocycles. The van der Waals surface area contributed by atoms with Crippen LogP contribution in [0.2, 0.25) is 5.02 Å². The van der Waals surface area contributed by atoms with Crippen LogP contribution in [-0.2, 0) is 9.63 Å². The Hall–Kier alpha value is -3.33. The van der Waals surface area contributed by atoms with Gasteiger partial charge in [-0.1, -0.05) is 42.7 Å². The van der Waals surface area contributed by atoms with Gasteiger partial charge in [-0.3, -0.25) is 4.79 Å². The van der Waals surface area contributed by atoms with Crippen LogP contribution in [0.15, 0.2) is 47.8 Å². The zero-order valence-corrected chi connectivity index (χ0v) is 22.1. The van der Waals surface area contributed by atoms with E-state index in [2.05, 4.69) is 34.2 Å². The molecule has 3 aliphatic rings. The second-order valence-corrected chi connectivity index (χ2v) is 10.7. The number of hydrogen-bond donors (Lipinski definition) is 1. The van der Waals surface area contributed by atoms with E-state index in [1.807, 2.05) is 41.3 Å². The molecule has 2 fully saturated rings. The van der Waals surface area contributed by atoms with Crippen molar-refractivity contribution in [3.63, 3.8) is 0 Å². The molecular formula is C27H33ClN6O3. The molecule has 2 saturated heterocycles. The van der Waals surface area contributed by atoms with E-state index in [4.69, 9.17) is 16.4 Å². The van der Waals surface area contributed by atoms with Gasteiger partial charge in [0.25, 0.3) is 5.91 Å². The van der Waals surface area contributed by atoms with Crippen molar-refractivity contribution in [2.75, 3.05) is 49.5 Å². The molecule has 10 heteroatoms. The molecule has 4 heterocycles. The number of urea groups is 1. The average Bonchev–Trinajstić information content (AvgIpc) is 3.32. The van der Waals surface area contributed by atoms with E-state index in [0.717, 1.165) is 11.5 Å². The van der Waals surface area contributed by atoms with Crippen LogP contribution >= 0.6 is 11.6 Å². The molecule has 9 nitrogen and oxygen atoms in total. The molecule has 5 rings (SSSR count). The molecule has 1 aromatic carbocycles. The summed E-state index contributed by atoms with van der Waals surface area (Å²) in [4.78, 5) is 41.9. The van der Waals surface area contributed by atoms with Crippen LogP contribution in [-0.4, -0.2) is 77.3 Å². The first-order valence-electron chi connectivity index (χ1n) is 12.9. The summed E-state index contributed by atoms with van der Waals surface area (Å²) in [6.07, 6.45) is 3.48. The number of piperazine rings is 1. The van der Waals surface area contributed by atoms with Crippen LogP contribution in [0.4, 0.5) is 16.3 Å². The Morgan fingerprint density at radius 3 is 2.35 bits per heavy atom. The standard InChI is InChI=1S/C27H33ClN6O3/c1-19(2)20-5-7-21(8-6-20)30-26(36)34-12-9-27(10-13-34)18-23(31-37-27)25(35)33-16-14-32(15-17-33)24-22(28)4-3-11-29-24/h3-8,11,19H,9-10,12-18H2,1-2H3,(H,30,36). The third-order valence-electron chi connectivity index (χ3n) is 7.48. The van der Waals surface area contributed by atoms with Crippen molar-refractivity contribution < 1.29 is 14.4 Å². The maximum atomic E-state index is 13.2. The molecule has 2 aromatic rings. The number of carbonyl (C=O) groups is 2. The number of nitrogens with one attached hydrogen (secondary N) is 1. The van der Waals surface area contributed by atoms with Gasteiger partial charge in [0.15, 0.2) is 0 Å². The van der Waals surface area contributed by atoms with Crippen molar-refractivity contribution in [2.45, 2.75) is 44.6 Å². The Morgan fingerprint density at radius 2 is 1.70 bits per heavy atom. The molecule has 1 spiro atoms. The van der Waals surface area contributed by atoms with Crippen LogP contribution in [0.1, 0.15) is 44.6 Å². The Balaban J connectivity index is 1.09. The number of nitrogens with zero attached hydrogens (tertiary/aromatic N) is 5. The van der Waals surface area contributed by atoms with Crippen LogP contribution in [0.3, 0.4) is 0 Å². The second-order valence-electron chi connectivity index (χ2n) is 10.3. The van der Waals surface area contributed by atoms with Crippen LogP contribution in [0, 0.1) is 0 Å². The lowest BCUT2D eigenvalue weighted by atomic mass is 9.86. The summed E-state index contributed by atoms with van der Waals surface area (Å²) in [5.74, 6) is 1.12. The summed E-state index contributed by atoms with van der Waals surface area (Å²) in [6, 6.07) is 11.5. The summed E-state index contributed by atoms with van der Waals surface area (Å²) < 4.78 is 0. The second kappa shape index (κ2) is 10.6. The molecular weight excluding hydrogens is 492 g/mol. The minimum atomic E-state index is -0.510. The first-order valence-corrected chi connectivity index (χ1v) is 13.3. The number of rotatable bonds is 4. The van der Waals surface area contributed by atoms with Crippen molar-refractivity contribution in [3.05, 3.63) is 53.2 Å². The van der Waals surface area contributed by atoms with Crippen LogP contribution in [0.25, 0.3) is 0 Å². The molecule has 0 atom stereocenters. The molecule has 0 saturated carbocycles. The Labute approximate surface area is 222 Å². The van der Waals surface area contributed by atoms with Crippen molar-refractivity contribution >= 4 is 40.8 Å². The molecule has 37 heavy (non-hydrogen) atoms. The van der Waals surface area contributed by atoms with E-state index in [-0.39, 0.29) is 11.9 Å². The van der Waals surface area contributed by atoms with Gasteiger partial charge < -0.3 is 24.9 Å². The first kappa shape index (κ1) is 25.3. The molecule has 1 N–H and O–H groups in total. The van der Waals surface area contributed by atoms with Gasteiger partial charge in [-0.15, -0.1) is 0 Å². The number of anilines is 2. The number of amides is 3. The highest BCUT2D eigenvalue weighted by molar-refractivity contribution is 6.39. The maximum Gasteiger partial charge on any atom is 0.321 e. The zero-order valence-electron chi connectivity index (χ0n) is 21.3. The van der Waals surface area contributed by atoms with Gasteiger partial charge in [0.1, 0.15) is 17.1 Å². The summed E-state index contributed by atoms with van der Waals surface area (Å²) >= 11 is 6.28. The Kier molecular flexibility index (Phi) is 7.24. The predicted molar refractivity (Wildman–Crippen MR) is 144 cm³/mol. The van der Waals surface area contributed by atoms with E-state index in [9.17, 15) is 9.59 Å². The number of carbonyl (C=O) groups excluding carboxylic acids is 2. The van der Waals surface area contributed by atoms with E-state index in [0.29, 0.717) is 75.2 Å². The number of piperidine rings is 1. The third kappa shape index (κ3) is 5.51. The van der Waals surface area contributed by atoms with Gasteiger partial charge in [-0.05, 0) is 35.7 Å². The lowest BCUT2D eigenvalue weighted by Gasteiger charge is -2.37. The summed E-state index contributed by atoms with van der Waals surface area (Å²) in [5, 5.41) is 7.80. The molecule has 0 radical (unpaired) electrons. The van der Waals surface area contributed by atoms with Crippen molar-refractivity contribution in [1.82, 2.24) is 14.8 Å². The minimum absolute atomic E-state index is 0.0753. The number of benzene rings is 1. The Bertz CT molecular complexity index is 1170. The molecule has 3 aliphatic heterocycles. The fourth-order valence-corrected chi connectivity index (χ4v) is 5.33. The monoisotopic (exact) mass is 524 g/mol. The average molecular weight is 525 g/mol. The van der Waals surface area contributed by atoms with Gasteiger partial charge in [-0.2, -0.15) is 0 Å². The highest BCUT2D eigenvalue weighted by atomic mass is 35.5. The van der Waals surface area contributed by atoms with Gasteiger partial charge in [0.05, 0.1) is 5.02 Å². The molecule has 196 valence electrons. The quantitative estimate of drug-likeness (QED) is 0.642. The number of aromatic nitrogens is 1. The van der Waals surface area contributed by atoms with Crippen LogP contribution in [0.5, 0.6) is 0 Å². The maximum absolute atomic E-state index is 13.2. The summed E-state index contributed by atoms with van der Waals surface area (Å²) in [5.41, 5.74) is 1.98. The van der Waals surface area contributed by atoms with E-state index >= 15 is 0 Å². The van der Waals surface area contributed by atoms with E-state index < -0.39 is 5.60 Å². The smallest absolute Gasteiger partial charge is 0.321 e. The van der Waals surface area contributed by atoms with Crippen LogP contribution < -0.4 is 10.2 Å². The largest absolute Gasteiger partial charge is 0.388 e. The number of hydrogen-bond acceptors (Lipinski definition) is 6. The fourth-order valence-electron chi connectivity index (χ4n) is 5.09. The lowest BCUT2D eigenvalue weighted by Crippen LogP contribution is -2.52. The third-order valence-corrected chi connectivity index (χ3v) is 7.78. The van der Waals surface area contributed by atoms with Gasteiger partial charge >= 0.3 is 6.03 Å². The summed E-state index contributed by atoms with van der Waals surface area (Å²) in [6.45, 7) is 7.86. The molecule has 0 bridgehead atoms. The number of pyridine rings is 1. The summed E-state index contributed by atoms with van der Waals surface area (Å²) in [7, 11) is 0. The van der Waals surface area contributed by atoms with Gasteiger partial charge in [-0.25, -0.2) is 9.78 Å². The Morgan fingerprint density at radius 1 is 1.00 bits per heavy atom. The highest BCUT2D eigenvalue weighted by Crippen LogP contribution is 2.35. The van der Waals surface area contributed by atoms with Crippen molar-refractivity contribution in [3.8, 4) is 0 Å². The molecule has 0 unspecified atom stereocenters. The fraction of sp³-hybridized carbons (Fsp3) is 0.481. The first-order chi connectivity index (χ1) is 17.8. The SMILES string of the molecule is CC(C)c1ccc(NC(=O)N2CCC3(CC2)CC(C(=O)N2CCN(c4ncccc4Cl)CC2)=NO3)cc1. The van der Waals surface area contributed by atoms with Gasteiger partial charge in [0, 0.05) is 70.4 Å². The minimum Gasteiger partial charge on any atom is -0.388 e. The number of halogens is 1. The normalized spacial score (nSPS) is 19.1. The number of likely N-dealkylation sites (tertiary alicyclic amines) is 1. The van der Waals surface area contributed by atoms with Crippen molar-refractivity contribution in [1.29, 1.82) is 0 Å². The topological polar surface area (TPSA) is 90.4 Å². The van der Waals surface area contributed by atoms with E-state index in [1.54, 1.807) is 11.1 Å². The zero-order chi connectivity index (χ0) is 26.0. The molecule has 1 aromatic heterocycles. The number of oxime groups is 1. The van der Waals surface area contributed by atoms with E-state index in [1.165, 1.54) is 5.56 Å².